The number of alkyl halides is 14. The Bertz CT molecular complexity index is 648. The van der Waals surface area contributed by atoms with Gasteiger partial charge in [-0.05, 0) is 17.4 Å². The summed E-state index contributed by atoms with van der Waals surface area (Å²) in [6.07, 6.45) is -13.8. The number of hydrogen-bond donors (Lipinski definition) is 0. The quantitative estimate of drug-likeness (QED) is 0.459. The van der Waals surface area contributed by atoms with Gasteiger partial charge >= 0.3 is 36.0 Å². The Balaban J connectivity index is 3.67. The third-order valence-electron chi connectivity index (χ3n) is 2.99. The normalized spacial score (nSPS) is 15.2. The molecule has 0 amide bonds. The molecule has 0 radical (unpaired) electrons. The maximum atomic E-state index is 13.5. The van der Waals surface area contributed by atoms with Crippen molar-refractivity contribution < 1.29 is 61.5 Å². The molecule has 0 fully saturated rings. The lowest BCUT2D eigenvalue weighted by Gasteiger charge is -2.30. The largest absolute Gasteiger partial charge is 0.460 e. The van der Waals surface area contributed by atoms with Gasteiger partial charge in [-0.25, -0.2) is 4.98 Å². The Hall–Kier alpha value is -1.40. The van der Waals surface area contributed by atoms with Crippen LogP contribution in [0.15, 0.2) is 12.1 Å². The fraction of sp³-hybridized carbons (Fsp3) is 0.545. The molecule has 1 aromatic rings. The Labute approximate surface area is 141 Å². The summed E-state index contributed by atoms with van der Waals surface area (Å²) in [4.78, 5) is 1.86. The van der Waals surface area contributed by atoms with Crippen molar-refractivity contribution in [1.82, 2.24) is 4.98 Å². The number of halogens is 14. The van der Waals surface area contributed by atoms with Crippen molar-refractivity contribution in [1.29, 1.82) is 0 Å². The van der Waals surface area contributed by atoms with Gasteiger partial charge in [-0.3, -0.25) is 0 Å². The highest BCUT2D eigenvalue weighted by molar-refractivity contribution is 7.27. The van der Waals surface area contributed by atoms with Crippen molar-refractivity contribution in [2.75, 3.05) is 0 Å². The second kappa shape index (κ2) is 6.31. The Kier molecular flexibility index (Phi) is 5.52. The molecule has 0 saturated carbocycles. The third-order valence-corrected chi connectivity index (χ3v) is 3.33. The molecule has 16 heteroatoms. The molecule has 1 aromatic heterocycles. The second-order valence-electron chi connectivity index (χ2n) is 4.96. The molecule has 1 unspecified atom stereocenters. The lowest BCUT2D eigenvalue weighted by Crippen LogP contribution is -2.52. The molecule has 1 nitrogen and oxygen atoms in total. The molecule has 156 valence electrons. The van der Waals surface area contributed by atoms with Gasteiger partial charge < -0.3 is 0 Å². The van der Waals surface area contributed by atoms with Crippen molar-refractivity contribution in [3.05, 3.63) is 23.5 Å². The molecular weight excluding hydrogens is 443 g/mol. The molecule has 27 heavy (non-hydrogen) atoms. The van der Waals surface area contributed by atoms with Crippen LogP contribution in [0.2, 0.25) is 0 Å². The Morgan fingerprint density at radius 3 is 1.04 bits per heavy atom. The monoisotopic (exact) mass is 447 g/mol. The molecular formula is C11H4F14NP. The minimum absolute atomic E-state index is 0.324. The first-order valence-electron chi connectivity index (χ1n) is 6.04. The van der Waals surface area contributed by atoms with E-state index in [1.54, 1.807) is 0 Å². The first kappa shape index (κ1) is 23.6. The molecule has 1 rings (SSSR count). The number of pyridine rings is 1. The fourth-order valence-corrected chi connectivity index (χ4v) is 1.87. The van der Waals surface area contributed by atoms with Gasteiger partial charge in [0.1, 0.15) is 11.4 Å². The predicted molar refractivity (Wildman–Crippen MR) is 63.4 cm³/mol. The predicted octanol–water partition coefficient (Wildman–Crippen LogP) is 5.16. The maximum absolute atomic E-state index is 13.5. The Morgan fingerprint density at radius 1 is 0.556 bits per heavy atom. The van der Waals surface area contributed by atoms with Gasteiger partial charge in [0.25, 0.3) is 0 Å². The zero-order valence-corrected chi connectivity index (χ0v) is 13.1. The highest BCUT2D eigenvalue weighted by Gasteiger charge is 2.76. The summed E-state index contributed by atoms with van der Waals surface area (Å²) in [6.45, 7) is 0. The van der Waals surface area contributed by atoms with Crippen LogP contribution >= 0.6 is 9.24 Å². The number of nitrogens with zero attached hydrogens (tertiary/aromatic N) is 1. The average molecular weight is 447 g/mol. The van der Waals surface area contributed by atoms with Crippen LogP contribution in [0, 0.1) is 0 Å². The molecule has 0 spiro atoms. The summed E-state index contributed by atoms with van der Waals surface area (Å²) in [7, 11) is 1.20. The molecule has 0 N–H and O–H groups in total. The topological polar surface area (TPSA) is 12.9 Å². The summed E-state index contributed by atoms with van der Waals surface area (Å²) in [5.74, 6) is -26.5. The zero-order chi connectivity index (χ0) is 21.9. The first-order chi connectivity index (χ1) is 11.6. The zero-order valence-electron chi connectivity index (χ0n) is 12.0. The van der Waals surface area contributed by atoms with E-state index in [1.165, 1.54) is 9.24 Å². The van der Waals surface area contributed by atoms with E-state index in [-0.39, 0.29) is 12.1 Å². The number of aromatic nitrogens is 1. The Morgan fingerprint density at radius 2 is 0.815 bits per heavy atom. The van der Waals surface area contributed by atoms with Crippen molar-refractivity contribution >= 4 is 14.5 Å². The molecule has 1 atom stereocenters. The second-order valence-corrected chi connectivity index (χ2v) is 5.63. The highest BCUT2D eigenvalue weighted by atomic mass is 31.0. The molecule has 0 saturated heterocycles. The highest BCUT2D eigenvalue weighted by Crippen LogP contribution is 2.53. The van der Waals surface area contributed by atoms with Gasteiger partial charge in [0.2, 0.25) is 0 Å². The van der Waals surface area contributed by atoms with Gasteiger partial charge in [0.15, 0.2) is 0 Å². The van der Waals surface area contributed by atoms with Crippen molar-refractivity contribution in [2.45, 2.75) is 36.0 Å². The standard InChI is InChI=1S/C11H4F14NP/c12-6(13,8(16,17)10(20,21)22)4-1-3(27)2-5(26-4)7(14,15)9(18,19)11(23,24)25/h1-2H,27H2. The van der Waals surface area contributed by atoms with Crippen LogP contribution in [0.3, 0.4) is 0 Å². The minimum Gasteiger partial charge on any atom is -0.245 e. The van der Waals surface area contributed by atoms with Crippen LogP contribution in [-0.4, -0.2) is 29.2 Å². The summed E-state index contributed by atoms with van der Waals surface area (Å²) in [6, 6.07) is -0.648. The van der Waals surface area contributed by atoms with Crippen LogP contribution in [0.25, 0.3) is 0 Å². The molecule has 1 heterocycles. The van der Waals surface area contributed by atoms with E-state index in [4.69, 9.17) is 0 Å². The van der Waals surface area contributed by atoms with Gasteiger partial charge in [-0.15, -0.1) is 9.24 Å². The van der Waals surface area contributed by atoms with Gasteiger partial charge in [-0.1, -0.05) is 0 Å². The van der Waals surface area contributed by atoms with Crippen LogP contribution in [0.4, 0.5) is 61.5 Å². The summed E-state index contributed by atoms with van der Waals surface area (Å²) in [5.41, 5.74) is -5.57. The number of rotatable bonds is 4. The van der Waals surface area contributed by atoms with Crippen molar-refractivity contribution in [3.63, 3.8) is 0 Å². The van der Waals surface area contributed by atoms with Crippen molar-refractivity contribution in [3.8, 4) is 0 Å². The van der Waals surface area contributed by atoms with E-state index in [1.807, 2.05) is 4.98 Å². The van der Waals surface area contributed by atoms with Crippen LogP contribution in [0.1, 0.15) is 11.4 Å². The van der Waals surface area contributed by atoms with Crippen LogP contribution in [0.5, 0.6) is 0 Å². The minimum atomic E-state index is -6.92. The van der Waals surface area contributed by atoms with Crippen LogP contribution < -0.4 is 5.30 Å². The van der Waals surface area contributed by atoms with E-state index >= 15 is 0 Å². The third kappa shape index (κ3) is 3.66. The lowest BCUT2D eigenvalue weighted by atomic mass is 10.0. The van der Waals surface area contributed by atoms with Crippen molar-refractivity contribution in [2.24, 2.45) is 0 Å². The molecule has 0 aromatic carbocycles. The first-order valence-corrected chi connectivity index (χ1v) is 6.61. The SMILES string of the molecule is FC(F)(F)C(F)(F)C(F)(F)c1cc(P)cc(C(F)(F)C(F)(F)C(F)(F)F)n1. The van der Waals surface area contributed by atoms with Gasteiger partial charge in [0.05, 0.1) is 0 Å². The molecule has 0 bridgehead atoms. The van der Waals surface area contributed by atoms with E-state index in [2.05, 4.69) is 0 Å². The summed E-state index contributed by atoms with van der Waals surface area (Å²) < 4.78 is 178. The van der Waals surface area contributed by atoms with Gasteiger partial charge in [-0.2, -0.15) is 61.5 Å². The summed E-state index contributed by atoms with van der Waals surface area (Å²) >= 11 is 0. The fourth-order valence-electron chi connectivity index (χ4n) is 1.55. The smallest absolute Gasteiger partial charge is 0.245 e. The molecule has 0 aliphatic heterocycles. The van der Waals surface area contributed by atoms with E-state index in [0.717, 1.165) is 0 Å². The average Bonchev–Trinajstić information content (AvgIpc) is 2.43. The maximum Gasteiger partial charge on any atom is 0.460 e. The molecule has 0 aliphatic carbocycles. The van der Waals surface area contributed by atoms with Gasteiger partial charge in [0, 0.05) is 0 Å². The number of hydrogen-bond acceptors (Lipinski definition) is 1. The van der Waals surface area contributed by atoms with E-state index in [9.17, 15) is 61.5 Å². The lowest BCUT2D eigenvalue weighted by molar-refractivity contribution is -0.362. The van der Waals surface area contributed by atoms with E-state index < -0.39 is 52.7 Å². The van der Waals surface area contributed by atoms with E-state index in [0.29, 0.717) is 0 Å². The van der Waals surface area contributed by atoms with Crippen LogP contribution in [-0.2, 0) is 11.8 Å². The summed E-state index contributed by atoms with van der Waals surface area (Å²) in [5, 5.41) is -1.13. The molecule has 0 aliphatic rings.